The Bertz CT molecular complexity index is 1190. The molecule has 4 heterocycles. The van der Waals surface area contributed by atoms with E-state index in [4.69, 9.17) is 0 Å². The summed E-state index contributed by atoms with van der Waals surface area (Å²) in [5.74, 6) is -0.595. The average molecular weight is 409 g/mol. The summed E-state index contributed by atoms with van der Waals surface area (Å²) in [4.78, 5) is 10.9. The lowest BCUT2D eigenvalue weighted by molar-refractivity contribution is 0.321. The van der Waals surface area contributed by atoms with E-state index in [9.17, 15) is 12.8 Å². The van der Waals surface area contributed by atoms with Crippen LogP contribution >= 0.6 is 0 Å². The normalized spacial score (nSPS) is 22.4. The Hall–Kier alpha value is -2.64. The van der Waals surface area contributed by atoms with Crippen molar-refractivity contribution in [3.63, 3.8) is 0 Å². The summed E-state index contributed by atoms with van der Waals surface area (Å²) < 4.78 is 39.4. The maximum absolute atomic E-state index is 13.1. The van der Waals surface area contributed by atoms with Crippen LogP contribution in [-0.4, -0.2) is 41.6 Å². The first-order valence-electron chi connectivity index (χ1n) is 9.56. The number of halogens is 1. The van der Waals surface area contributed by atoms with Gasteiger partial charge in [-0.25, -0.2) is 13.4 Å². The van der Waals surface area contributed by atoms with Gasteiger partial charge in [0.05, 0.1) is 15.8 Å². The second-order valence-corrected chi connectivity index (χ2v) is 9.91. The topological polar surface area (TPSA) is 63.2 Å². The number of pyridine rings is 2. The molecule has 0 aliphatic carbocycles. The fourth-order valence-corrected chi connectivity index (χ4v) is 6.69. The summed E-state index contributed by atoms with van der Waals surface area (Å²) in [5.41, 5.74) is 4.39. The van der Waals surface area contributed by atoms with E-state index in [1.54, 1.807) is 18.2 Å². The first-order chi connectivity index (χ1) is 13.9. The largest absolute Gasteiger partial charge is 0.296 e. The Morgan fingerprint density at radius 3 is 2.69 bits per heavy atom. The van der Waals surface area contributed by atoms with Gasteiger partial charge >= 0.3 is 0 Å². The van der Waals surface area contributed by atoms with Crippen LogP contribution in [0.2, 0.25) is 0 Å². The summed E-state index contributed by atoms with van der Waals surface area (Å²) in [6.07, 6.45) is 1.47. The predicted octanol–water partition coefficient (Wildman–Crippen LogP) is 3.35. The number of benzene rings is 1. The molecule has 2 aliphatic rings. The summed E-state index contributed by atoms with van der Waals surface area (Å²) in [7, 11) is -3.36. The molecule has 5 nitrogen and oxygen atoms in total. The molecule has 29 heavy (non-hydrogen) atoms. The van der Waals surface area contributed by atoms with Crippen LogP contribution in [0.25, 0.3) is 11.1 Å². The number of hydrogen-bond donors (Lipinski definition) is 0. The molecule has 3 aromatic rings. The molecule has 0 saturated carbocycles. The third-order valence-corrected chi connectivity index (χ3v) is 8.11. The Labute approximate surface area is 169 Å². The van der Waals surface area contributed by atoms with Crippen LogP contribution in [-0.2, 0) is 16.4 Å². The molecule has 148 valence electrons. The monoisotopic (exact) mass is 409 g/mol. The maximum atomic E-state index is 13.1. The highest BCUT2D eigenvalue weighted by Gasteiger charge is 2.50. The van der Waals surface area contributed by atoms with Gasteiger partial charge in [0.15, 0.2) is 9.84 Å². The van der Waals surface area contributed by atoms with Crippen molar-refractivity contribution in [2.24, 2.45) is 0 Å². The van der Waals surface area contributed by atoms with Crippen molar-refractivity contribution in [3.05, 3.63) is 77.6 Å². The number of aryl methyl sites for hydroxylation is 1. The smallest absolute Gasteiger partial charge is 0.212 e. The third kappa shape index (κ3) is 3.14. The fraction of sp³-hybridized carbons (Fsp3) is 0.273. The highest BCUT2D eigenvalue weighted by molar-refractivity contribution is 7.92. The minimum Gasteiger partial charge on any atom is -0.296 e. The number of rotatable bonds is 3. The lowest BCUT2D eigenvalue weighted by atomic mass is 9.95. The van der Waals surface area contributed by atoms with Crippen LogP contribution in [0.3, 0.4) is 0 Å². The lowest BCUT2D eigenvalue weighted by Gasteiger charge is -2.17. The molecule has 1 aromatic carbocycles. The Balaban J connectivity index is 1.47. The number of likely N-dealkylation sites (tertiary alicyclic amines) is 1. The molecule has 0 radical (unpaired) electrons. The highest BCUT2D eigenvalue weighted by Crippen LogP contribution is 2.46. The first kappa shape index (κ1) is 18.4. The molecule has 2 aliphatic heterocycles. The second-order valence-electron chi connectivity index (χ2n) is 7.78. The van der Waals surface area contributed by atoms with E-state index in [-0.39, 0.29) is 5.92 Å². The maximum Gasteiger partial charge on any atom is 0.212 e. The molecule has 1 saturated heterocycles. The molecule has 0 bridgehead atoms. The van der Waals surface area contributed by atoms with Gasteiger partial charge in [0.1, 0.15) is 0 Å². The minimum absolute atomic E-state index is 0.0619. The van der Waals surface area contributed by atoms with Gasteiger partial charge in [0.2, 0.25) is 5.95 Å². The van der Waals surface area contributed by atoms with E-state index >= 15 is 0 Å². The summed E-state index contributed by atoms with van der Waals surface area (Å²) in [6.45, 7) is 3.78. The number of nitrogens with zero attached hydrogens (tertiary/aromatic N) is 3. The van der Waals surface area contributed by atoms with Gasteiger partial charge in [0.25, 0.3) is 0 Å². The van der Waals surface area contributed by atoms with Gasteiger partial charge in [-0.15, -0.1) is 0 Å². The van der Waals surface area contributed by atoms with Gasteiger partial charge in [-0.2, -0.15) is 4.39 Å². The Morgan fingerprint density at radius 2 is 1.93 bits per heavy atom. The molecule has 0 amide bonds. The van der Waals surface area contributed by atoms with Crippen molar-refractivity contribution in [1.82, 2.24) is 14.9 Å². The molecule has 0 unspecified atom stereocenters. The van der Waals surface area contributed by atoms with Gasteiger partial charge in [0, 0.05) is 43.0 Å². The van der Waals surface area contributed by atoms with E-state index in [1.165, 1.54) is 12.3 Å². The SMILES string of the molecule is Cc1cccc(CN2C[C@@H]3[C@@H](C2)c2cc(-c4ccc(F)nc4)ccc2S3(=O)=O)n1. The number of hydrogen-bond acceptors (Lipinski definition) is 5. The zero-order valence-electron chi connectivity index (χ0n) is 15.9. The molecular weight excluding hydrogens is 389 g/mol. The molecule has 7 heteroatoms. The lowest BCUT2D eigenvalue weighted by Crippen LogP contribution is -2.26. The predicted molar refractivity (Wildman–Crippen MR) is 108 cm³/mol. The molecule has 0 spiro atoms. The van der Waals surface area contributed by atoms with Crippen LogP contribution in [0.4, 0.5) is 4.39 Å². The molecule has 0 N–H and O–H groups in total. The molecule has 2 atom stereocenters. The van der Waals surface area contributed by atoms with E-state index in [0.29, 0.717) is 24.5 Å². The number of aromatic nitrogens is 2. The van der Waals surface area contributed by atoms with Crippen LogP contribution in [0.5, 0.6) is 0 Å². The fourth-order valence-electron chi connectivity index (χ4n) is 4.50. The van der Waals surface area contributed by atoms with E-state index < -0.39 is 21.0 Å². The zero-order chi connectivity index (χ0) is 20.2. The quantitative estimate of drug-likeness (QED) is 0.621. The third-order valence-electron chi connectivity index (χ3n) is 5.85. The zero-order valence-corrected chi connectivity index (χ0v) is 16.7. The van der Waals surface area contributed by atoms with Crippen molar-refractivity contribution in [2.75, 3.05) is 13.1 Å². The molecule has 5 rings (SSSR count). The van der Waals surface area contributed by atoms with E-state index in [0.717, 1.165) is 28.1 Å². The molecule has 1 fully saturated rings. The Morgan fingerprint density at radius 1 is 1.10 bits per heavy atom. The van der Waals surface area contributed by atoms with E-state index in [1.807, 2.05) is 31.2 Å². The summed E-state index contributed by atoms with van der Waals surface area (Å²) in [5, 5.41) is -0.427. The van der Waals surface area contributed by atoms with Crippen molar-refractivity contribution < 1.29 is 12.8 Å². The van der Waals surface area contributed by atoms with Gasteiger partial charge < -0.3 is 0 Å². The van der Waals surface area contributed by atoms with E-state index in [2.05, 4.69) is 14.9 Å². The standard InChI is InChI=1S/C22H20FN3O2S/c1-14-3-2-4-17(25-14)11-26-12-19-18-9-15(16-6-8-22(23)24-10-16)5-7-20(18)29(27,28)21(19)13-26/h2-10,19,21H,11-13H2,1H3/t19-,21+/m0/s1. The first-order valence-corrected chi connectivity index (χ1v) is 11.1. The highest BCUT2D eigenvalue weighted by atomic mass is 32.2. The van der Waals surface area contributed by atoms with Crippen LogP contribution < -0.4 is 0 Å². The van der Waals surface area contributed by atoms with Crippen molar-refractivity contribution in [2.45, 2.75) is 29.5 Å². The van der Waals surface area contributed by atoms with Crippen molar-refractivity contribution >= 4 is 9.84 Å². The van der Waals surface area contributed by atoms with Crippen molar-refractivity contribution in [3.8, 4) is 11.1 Å². The minimum atomic E-state index is -3.36. The van der Waals surface area contributed by atoms with Crippen molar-refractivity contribution in [1.29, 1.82) is 0 Å². The van der Waals surface area contributed by atoms with Gasteiger partial charge in [-0.1, -0.05) is 12.1 Å². The molecular formula is C22H20FN3O2S. The van der Waals surface area contributed by atoms with Crippen LogP contribution in [0.15, 0.2) is 59.6 Å². The van der Waals surface area contributed by atoms with Gasteiger partial charge in [-0.05, 0) is 54.4 Å². The Kier molecular flexibility index (Phi) is 4.26. The average Bonchev–Trinajstić information content (AvgIpc) is 3.20. The van der Waals surface area contributed by atoms with Crippen LogP contribution in [0.1, 0.15) is 22.9 Å². The number of fused-ring (bicyclic) bond motifs is 3. The van der Waals surface area contributed by atoms with Crippen LogP contribution in [0, 0.1) is 12.9 Å². The summed E-state index contributed by atoms with van der Waals surface area (Å²) in [6, 6.07) is 14.3. The van der Waals surface area contributed by atoms with Gasteiger partial charge in [-0.3, -0.25) is 9.88 Å². The summed E-state index contributed by atoms with van der Waals surface area (Å²) >= 11 is 0. The molecule has 2 aromatic heterocycles. The second kappa shape index (κ2) is 6.71. The number of sulfone groups is 1.